The number of likely N-dealkylation sites (tertiary alicyclic amines) is 1. The molecule has 1 heterocycles. The van der Waals surface area contributed by atoms with Crippen molar-refractivity contribution in [2.75, 3.05) is 13.1 Å². The van der Waals surface area contributed by atoms with E-state index in [4.69, 9.17) is 4.99 Å². The van der Waals surface area contributed by atoms with E-state index in [0.29, 0.717) is 11.3 Å². The molecule has 0 saturated carbocycles. The van der Waals surface area contributed by atoms with Gasteiger partial charge in [0.1, 0.15) is 11.7 Å². The van der Waals surface area contributed by atoms with Crippen LogP contribution in [0.3, 0.4) is 0 Å². The molecule has 0 unspecified atom stereocenters. The van der Waals surface area contributed by atoms with Gasteiger partial charge in [0.25, 0.3) is 0 Å². The van der Waals surface area contributed by atoms with E-state index in [1.165, 1.54) is 18.9 Å². The first-order valence-electron chi connectivity index (χ1n) is 9.02. The highest BCUT2D eigenvalue weighted by Crippen LogP contribution is 2.28. The molecule has 2 rings (SSSR count). The summed E-state index contributed by atoms with van der Waals surface area (Å²) in [6.07, 6.45) is 6.22. The van der Waals surface area contributed by atoms with Crippen LogP contribution in [0.5, 0.6) is 0 Å². The maximum absolute atomic E-state index is 14.4. The van der Waals surface area contributed by atoms with Crippen molar-refractivity contribution in [3.8, 4) is 0 Å². The van der Waals surface area contributed by atoms with Crippen molar-refractivity contribution in [3.63, 3.8) is 0 Å². The predicted molar refractivity (Wildman–Crippen MR) is 106 cm³/mol. The predicted octanol–water partition coefficient (Wildman–Crippen LogP) is 5.84. The Morgan fingerprint density at radius 1 is 1.24 bits per heavy atom. The summed E-state index contributed by atoms with van der Waals surface area (Å²) >= 11 is 0. The maximum Gasteiger partial charge on any atom is 0.132 e. The van der Waals surface area contributed by atoms with Crippen molar-refractivity contribution in [1.29, 1.82) is 0 Å². The van der Waals surface area contributed by atoms with Crippen molar-refractivity contribution < 1.29 is 4.39 Å². The second kappa shape index (κ2) is 8.80. The largest absolute Gasteiger partial charge is 0.360 e. The first-order valence-corrected chi connectivity index (χ1v) is 9.02. The Labute approximate surface area is 151 Å². The first kappa shape index (κ1) is 19.2. The molecule has 1 aromatic rings. The van der Waals surface area contributed by atoms with Crippen molar-refractivity contribution in [3.05, 3.63) is 65.5 Å². The van der Waals surface area contributed by atoms with E-state index in [0.717, 1.165) is 36.0 Å². The molecule has 134 valence electrons. The average Bonchev–Trinajstić information content (AvgIpc) is 2.60. The molecule has 1 aromatic carbocycles. The molecular formula is C22H29FN2. The number of hydrogen-bond acceptors (Lipinski definition) is 1. The van der Waals surface area contributed by atoms with Gasteiger partial charge in [0.15, 0.2) is 0 Å². The third-order valence-electron chi connectivity index (χ3n) is 4.85. The lowest BCUT2D eigenvalue weighted by Gasteiger charge is -2.32. The second-order valence-electron chi connectivity index (χ2n) is 6.81. The number of allylic oxidation sites excluding steroid dienone is 4. The minimum atomic E-state index is -0.256. The average molecular weight is 340 g/mol. The van der Waals surface area contributed by atoms with E-state index in [9.17, 15) is 4.39 Å². The highest BCUT2D eigenvalue weighted by Gasteiger charge is 2.18. The third-order valence-corrected chi connectivity index (χ3v) is 4.85. The zero-order valence-corrected chi connectivity index (χ0v) is 15.8. The minimum Gasteiger partial charge on any atom is -0.360 e. The molecule has 0 radical (unpaired) electrons. The Morgan fingerprint density at radius 3 is 2.48 bits per heavy atom. The molecule has 0 N–H and O–H groups in total. The van der Waals surface area contributed by atoms with Crippen LogP contribution in [0.4, 0.5) is 4.39 Å². The molecule has 0 amide bonds. The first-order chi connectivity index (χ1) is 11.9. The number of amidine groups is 1. The summed E-state index contributed by atoms with van der Waals surface area (Å²) in [7, 11) is 0. The topological polar surface area (TPSA) is 15.6 Å². The van der Waals surface area contributed by atoms with Crippen LogP contribution >= 0.6 is 0 Å². The van der Waals surface area contributed by atoms with Gasteiger partial charge in [-0.05, 0) is 62.8 Å². The van der Waals surface area contributed by atoms with E-state index >= 15 is 0 Å². The second-order valence-corrected chi connectivity index (χ2v) is 6.81. The molecule has 0 aromatic heterocycles. The number of piperidine rings is 1. The Morgan fingerprint density at radius 2 is 1.88 bits per heavy atom. The van der Waals surface area contributed by atoms with E-state index in [1.807, 2.05) is 39.0 Å². The van der Waals surface area contributed by atoms with E-state index in [-0.39, 0.29) is 5.82 Å². The number of hydrogen-bond donors (Lipinski definition) is 0. The molecule has 1 aliphatic rings. The van der Waals surface area contributed by atoms with Gasteiger partial charge in [0, 0.05) is 18.7 Å². The van der Waals surface area contributed by atoms with Gasteiger partial charge in [-0.25, -0.2) is 9.38 Å². The molecule has 0 aliphatic carbocycles. The summed E-state index contributed by atoms with van der Waals surface area (Å²) < 4.78 is 14.4. The third kappa shape index (κ3) is 4.91. The highest BCUT2D eigenvalue weighted by molar-refractivity contribution is 5.88. The molecule has 25 heavy (non-hydrogen) atoms. The van der Waals surface area contributed by atoms with Crippen LogP contribution in [-0.2, 0) is 0 Å². The van der Waals surface area contributed by atoms with Gasteiger partial charge < -0.3 is 4.90 Å². The molecule has 0 spiro atoms. The number of aliphatic imine (C=N–C) groups is 1. The van der Waals surface area contributed by atoms with Gasteiger partial charge in [-0.3, -0.25) is 0 Å². The SMILES string of the molecule is C=C(/C=C\C)/C(C)=C(/N=C(C)N1CCC(C)CC1)c1ccccc1F. The van der Waals surface area contributed by atoms with Gasteiger partial charge in [-0.2, -0.15) is 0 Å². The Balaban J connectivity index is 2.45. The van der Waals surface area contributed by atoms with Crippen molar-refractivity contribution in [2.45, 2.75) is 40.5 Å². The van der Waals surface area contributed by atoms with Crippen LogP contribution in [0.25, 0.3) is 5.70 Å². The van der Waals surface area contributed by atoms with Gasteiger partial charge >= 0.3 is 0 Å². The Hall–Kier alpha value is -2.16. The maximum atomic E-state index is 14.4. The standard InChI is InChI=1S/C22H29FN2/c1-6-9-17(3)18(4)22(20-10-7-8-11-21(20)23)24-19(5)25-14-12-16(2)13-15-25/h6-11,16H,3,12-15H2,1-2,4-5H3/b9-6-,22-18+,24-19?. The number of nitrogens with zero attached hydrogens (tertiary/aromatic N) is 2. The quantitative estimate of drug-likeness (QED) is 0.382. The molecule has 2 nitrogen and oxygen atoms in total. The molecule has 0 bridgehead atoms. The van der Waals surface area contributed by atoms with Crippen LogP contribution in [0.2, 0.25) is 0 Å². The zero-order chi connectivity index (χ0) is 18.4. The van der Waals surface area contributed by atoms with E-state index in [2.05, 4.69) is 18.4 Å². The fraction of sp³-hybridized carbons (Fsp3) is 0.409. The summed E-state index contributed by atoms with van der Waals surface area (Å²) in [6.45, 7) is 14.3. The van der Waals surface area contributed by atoms with Crippen LogP contribution in [0.15, 0.2) is 59.1 Å². The van der Waals surface area contributed by atoms with Crippen LogP contribution in [0, 0.1) is 11.7 Å². The van der Waals surface area contributed by atoms with E-state index in [1.54, 1.807) is 12.1 Å². The Kier molecular flexibility index (Phi) is 6.74. The molecule has 1 aliphatic heterocycles. The molecular weight excluding hydrogens is 311 g/mol. The molecule has 1 saturated heterocycles. The van der Waals surface area contributed by atoms with Crippen LogP contribution < -0.4 is 0 Å². The summed E-state index contributed by atoms with van der Waals surface area (Å²) in [6, 6.07) is 6.81. The van der Waals surface area contributed by atoms with Gasteiger partial charge in [-0.1, -0.05) is 37.8 Å². The normalized spacial score (nSPS) is 17.8. The lowest BCUT2D eigenvalue weighted by atomic mass is 9.99. The number of rotatable bonds is 4. The Bertz CT molecular complexity index is 704. The van der Waals surface area contributed by atoms with Gasteiger partial charge in [0.05, 0.1) is 5.70 Å². The van der Waals surface area contributed by atoms with Crippen LogP contribution in [-0.4, -0.2) is 23.8 Å². The van der Waals surface area contributed by atoms with Crippen molar-refractivity contribution in [2.24, 2.45) is 10.9 Å². The highest BCUT2D eigenvalue weighted by atomic mass is 19.1. The number of benzene rings is 1. The molecule has 0 atom stereocenters. The fourth-order valence-electron chi connectivity index (χ4n) is 3.04. The lowest BCUT2D eigenvalue weighted by Crippen LogP contribution is -2.36. The number of halogens is 1. The zero-order valence-electron chi connectivity index (χ0n) is 15.8. The summed E-state index contributed by atoms with van der Waals surface area (Å²) in [5, 5.41) is 0. The van der Waals surface area contributed by atoms with Gasteiger partial charge in [0.2, 0.25) is 0 Å². The van der Waals surface area contributed by atoms with Gasteiger partial charge in [-0.15, -0.1) is 0 Å². The summed E-state index contributed by atoms with van der Waals surface area (Å²) in [5.74, 6) is 1.45. The van der Waals surface area contributed by atoms with E-state index < -0.39 is 0 Å². The van der Waals surface area contributed by atoms with Crippen molar-refractivity contribution >= 4 is 11.5 Å². The monoisotopic (exact) mass is 340 g/mol. The van der Waals surface area contributed by atoms with Crippen molar-refractivity contribution in [1.82, 2.24) is 4.90 Å². The molecule has 1 fully saturated rings. The lowest BCUT2D eigenvalue weighted by molar-refractivity contribution is 0.279. The van der Waals surface area contributed by atoms with Crippen LogP contribution in [0.1, 0.15) is 46.1 Å². The smallest absolute Gasteiger partial charge is 0.132 e. The summed E-state index contributed by atoms with van der Waals surface area (Å²) in [4.78, 5) is 7.15. The molecule has 3 heteroatoms. The fourth-order valence-corrected chi connectivity index (χ4v) is 3.04. The summed E-state index contributed by atoms with van der Waals surface area (Å²) in [5.41, 5.74) is 2.94. The minimum absolute atomic E-state index is 0.256.